The van der Waals surface area contributed by atoms with E-state index in [4.69, 9.17) is 19.9 Å². The first-order valence-electron chi connectivity index (χ1n) is 22.7. The van der Waals surface area contributed by atoms with Gasteiger partial charge in [0.15, 0.2) is 0 Å². The minimum absolute atomic E-state index is 0. The number of rotatable bonds is 18. The normalized spacial score (nSPS) is 16.9. The fourth-order valence-electron chi connectivity index (χ4n) is 9.36. The van der Waals surface area contributed by atoms with Crippen LogP contribution in [0, 0.1) is 25.7 Å². The Kier molecular flexibility index (Phi) is 16.5. The van der Waals surface area contributed by atoms with E-state index in [0.29, 0.717) is 70.6 Å². The van der Waals surface area contributed by atoms with Gasteiger partial charge in [0.25, 0.3) is 11.8 Å². The number of aliphatic carboxylic acids is 3. The van der Waals surface area contributed by atoms with E-state index in [2.05, 4.69) is 10.6 Å². The van der Waals surface area contributed by atoms with Gasteiger partial charge < -0.3 is 35.9 Å². The van der Waals surface area contributed by atoms with Crippen LogP contribution in [-0.4, -0.2) is 91.4 Å². The fraction of sp³-hybridized carbons (Fsp3) is 0.420. The summed E-state index contributed by atoms with van der Waals surface area (Å²) in [6, 6.07) is 7.23. The van der Waals surface area contributed by atoms with Crippen LogP contribution in [-0.2, 0) is 66.8 Å². The predicted molar refractivity (Wildman–Crippen MR) is 249 cm³/mol. The van der Waals surface area contributed by atoms with Crippen molar-refractivity contribution < 1.29 is 69.3 Å². The third-order valence-electron chi connectivity index (χ3n) is 13.3. The molecule has 6 heterocycles. The Labute approximate surface area is 406 Å². The van der Waals surface area contributed by atoms with E-state index in [1.165, 1.54) is 17.1 Å². The molecule has 360 valence electrons. The molecule has 4 aliphatic rings. The summed E-state index contributed by atoms with van der Waals surface area (Å²) in [5.74, 6) is -3.85. The zero-order valence-corrected chi connectivity index (χ0v) is 40.0. The monoisotopic (exact) mass is 1020 g/mol. The van der Waals surface area contributed by atoms with Crippen LogP contribution in [0.2, 0.25) is 0 Å². The van der Waals surface area contributed by atoms with Crippen LogP contribution < -0.4 is 20.6 Å². The van der Waals surface area contributed by atoms with E-state index >= 15 is 0 Å². The van der Waals surface area contributed by atoms with Gasteiger partial charge in [-0.15, -0.1) is 22.1 Å². The van der Waals surface area contributed by atoms with Gasteiger partial charge in [0.2, 0.25) is 11.8 Å². The van der Waals surface area contributed by atoms with Gasteiger partial charge in [-0.1, -0.05) is 46.5 Å². The second-order valence-corrected chi connectivity index (χ2v) is 17.7. The van der Waals surface area contributed by atoms with Crippen molar-refractivity contribution in [2.24, 2.45) is 11.8 Å². The van der Waals surface area contributed by atoms with Crippen LogP contribution in [0.15, 0.2) is 36.4 Å². The number of fused-ring (bicyclic) bond motifs is 8. The number of hydrogen-bond acceptors (Lipinski definition) is 9. The fourth-order valence-corrected chi connectivity index (χ4v) is 9.36. The molecule has 18 heteroatoms. The molecular formula is C50H55N7O10Pd. The van der Waals surface area contributed by atoms with Gasteiger partial charge in [-0.2, -0.15) is 0 Å². The molecular weight excluding hydrogens is 965 g/mol. The first-order valence-corrected chi connectivity index (χ1v) is 22.7. The Morgan fingerprint density at radius 1 is 0.603 bits per heavy atom. The van der Waals surface area contributed by atoms with Gasteiger partial charge in [0, 0.05) is 63.4 Å². The predicted octanol–water partition coefficient (Wildman–Crippen LogP) is 5.69. The van der Waals surface area contributed by atoms with Crippen molar-refractivity contribution in [3.63, 3.8) is 0 Å². The van der Waals surface area contributed by atoms with Crippen LogP contribution in [0.25, 0.3) is 44.4 Å². The van der Waals surface area contributed by atoms with Crippen molar-refractivity contribution in [2.75, 3.05) is 19.6 Å². The number of allylic oxidation sites excluding steroid dienone is 4. The van der Waals surface area contributed by atoms with E-state index in [1.54, 1.807) is 12.1 Å². The van der Waals surface area contributed by atoms with Gasteiger partial charge in [0.1, 0.15) is 0 Å². The number of hydrogen-bond donors (Lipinski definition) is 5. The van der Waals surface area contributed by atoms with Crippen molar-refractivity contribution in [2.45, 2.75) is 105 Å². The average Bonchev–Trinajstić information content (AvgIpc) is 4.02. The number of carboxylic acid groups (broad SMARTS) is 3. The van der Waals surface area contributed by atoms with E-state index in [0.717, 1.165) is 57.4 Å². The molecule has 0 spiro atoms. The maximum atomic E-state index is 13.3. The Bertz CT molecular complexity index is 2810. The number of aromatic nitrogens is 4. The summed E-state index contributed by atoms with van der Waals surface area (Å²) in [6.07, 6.45) is 5.89. The smallest absolute Gasteiger partial charge is 0.657 e. The molecule has 68 heavy (non-hydrogen) atoms. The molecule has 1 saturated carbocycles. The summed E-state index contributed by atoms with van der Waals surface area (Å²) in [6.45, 7) is 8.32. The maximum absolute atomic E-state index is 13.3. The topological polar surface area (TPSA) is 261 Å². The van der Waals surface area contributed by atoms with Crippen molar-refractivity contribution in [3.05, 3.63) is 81.4 Å². The third kappa shape index (κ3) is 11.8. The van der Waals surface area contributed by atoms with Crippen molar-refractivity contribution in [1.82, 2.24) is 35.5 Å². The minimum Gasteiger partial charge on any atom is -0.657 e. The van der Waals surface area contributed by atoms with E-state index in [9.17, 15) is 48.9 Å². The Morgan fingerprint density at radius 2 is 1.03 bits per heavy atom. The average molecular weight is 1020 g/mol. The number of carboxylic acids is 3. The molecule has 1 aliphatic carbocycles. The molecule has 3 aromatic rings. The summed E-state index contributed by atoms with van der Waals surface area (Å²) in [5.41, 5.74) is 10.3. The SMILES string of the molecule is CC1=C(CCC(=O)O)c2cc3[n-]c(cc4nc(cc5[n-]c(cc1n2)c(CCC(=O)O)c5C)C(CCC(=O)NCCNC(=O)C1CCC(CN2C(=O)C=CC2=O)CC1)=C4C)c(CCC(=O)O)c3C.[Pd+2]. The van der Waals surface area contributed by atoms with Gasteiger partial charge in [-0.25, -0.2) is 9.97 Å². The van der Waals surface area contributed by atoms with Gasteiger partial charge >= 0.3 is 38.3 Å². The van der Waals surface area contributed by atoms with Crippen molar-refractivity contribution in [1.29, 1.82) is 0 Å². The van der Waals surface area contributed by atoms with E-state index in [-0.39, 0.29) is 114 Å². The van der Waals surface area contributed by atoms with Crippen LogP contribution in [0.4, 0.5) is 0 Å². The minimum atomic E-state index is -0.966. The summed E-state index contributed by atoms with van der Waals surface area (Å²) in [7, 11) is 0. The van der Waals surface area contributed by atoms with Crippen molar-refractivity contribution in [3.8, 4) is 0 Å². The number of nitrogens with one attached hydrogen (secondary N) is 2. The summed E-state index contributed by atoms with van der Waals surface area (Å²) in [5, 5.41) is 34.8. The molecule has 17 nitrogen and oxygen atoms in total. The first-order chi connectivity index (χ1) is 32.0. The summed E-state index contributed by atoms with van der Waals surface area (Å²) >= 11 is 0. The summed E-state index contributed by atoms with van der Waals surface area (Å²) in [4.78, 5) is 107. The zero-order chi connectivity index (χ0) is 48.1. The van der Waals surface area contributed by atoms with Crippen LogP contribution >= 0.6 is 0 Å². The molecule has 8 bridgehead atoms. The quantitative estimate of drug-likeness (QED) is 0.0583. The number of carbonyl (C=O) groups excluding carboxylic acids is 4. The van der Waals surface area contributed by atoms with Gasteiger partial charge in [-0.05, 0) is 107 Å². The Morgan fingerprint density at radius 3 is 1.50 bits per heavy atom. The molecule has 4 amide bonds. The van der Waals surface area contributed by atoms with E-state index in [1.807, 2.05) is 39.8 Å². The number of amides is 4. The Balaban J connectivity index is 0.00000761. The molecule has 5 N–H and O–H groups in total. The van der Waals surface area contributed by atoms with Gasteiger partial charge in [-0.3, -0.25) is 38.5 Å². The molecule has 7 rings (SSSR count). The van der Waals surface area contributed by atoms with E-state index < -0.39 is 17.9 Å². The van der Waals surface area contributed by atoms with Crippen LogP contribution in [0.3, 0.4) is 0 Å². The standard InChI is InChI=1S/C50H57N7O10.Pd/c1-26-32(9-13-44(58)51-19-20-52-50(67)31-7-5-30(6-8-31)25-57-45(59)14-15-46(57)60)40-21-37-27(2)33(10-16-47(61)62)42(54-37)23-39-29(4)35(12-18-49(65)66)43(56-39)24-38-28(3)34(11-17-48(63)64)41(55-38)22-36(26)53-40;/h14-15,21-24,30-31H,5-13,16-20,25H2,1-4H3,(H7,51,52,53,54,55,56,58,59,60,61,62,63,64,65,66,67);/q;+2/p-2. The number of carbonyl (C=O) groups is 7. The Hall–Kier alpha value is -6.51. The molecule has 0 unspecified atom stereocenters. The van der Waals surface area contributed by atoms with Crippen molar-refractivity contribution >= 4 is 85.9 Å². The third-order valence-corrected chi connectivity index (χ3v) is 13.3. The molecule has 1 fully saturated rings. The summed E-state index contributed by atoms with van der Waals surface area (Å²) < 4.78 is 0. The first kappa shape index (κ1) is 50.9. The molecule has 0 radical (unpaired) electrons. The maximum Gasteiger partial charge on any atom is 2.00 e. The molecule has 3 aromatic heterocycles. The van der Waals surface area contributed by atoms with Crippen LogP contribution in [0.5, 0.6) is 0 Å². The second kappa shape index (κ2) is 22.1. The largest absolute Gasteiger partial charge is 2.00 e. The molecule has 0 saturated heterocycles. The number of nitrogens with zero attached hydrogens (tertiary/aromatic N) is 5. The number of aryl methyl sites for hydroxylation is 4. The zero-order valence-electron chi connectivity index (χ0n) is 38.5. The molecule has 0 aromatic carbocycles. The molecule has 3 aliphatic heterocycles. The second-order valence-electron chi connectivity index (χ2n) is 17.7. The molecule has 0 atom stereocenters. The van der Waals surface area contributed by atoms with Gasteiger partial charge in [0.05, 0.1) is 22.8 Å². The number of imide groups is 1. The van der Waals surface area contributed by atoms with Crippen LogP contribution in [0.1, 0.15) is 123 Å².